The average Bonchev–Trinajstić information content (AvgIpc) is 2.85. The highest BCUT2D eigenvalue weighted by Crippen LogP contribution is 2.15. The molecule has 0 aliphatic carbocycles. The first-order valence-corrected chi connectivity index (χ1v) is 6.12. The fourth-order valence-corrected chi connectivity index (χ4v) is 1.85. The molecule has 0 radical (unpaired) electrons. The molecule has 0 saturated carbocycles. The van der Waals surface area contributed by atoms with E-state index in [9.17, 15) is 4.79 Å². The number of carbonyl (C=O) groups excluding carboxylic acids is 1. The first-order chi connectivity index (χ1) is 8.72. The van der Waals surface area contributed by atoms with Gasteiger partial charge in [-0.2, -0.15) is 0 Å². The summed E-state index contributed by atoms with van der Waals surface area (Å²) in [6.07, 6.45) is 1.87. The summed E-state index contributed by atoms with van der Waals surface area (Å²) >= 11 is 0. The molecule has 0 bridgehead atoms. The standard InChI is InChI=1S/C14H18N2O2/c1-3-18-9-8-16(2)14(17)12-4-5-13-11(10-12)6-7-15-13/h4-7,10,15H,3,8-9H2,1-2H3. The van der Waals surface area contributed by atoms with Crippen LogP contribution in [0.5, 0.6) is 0 Å². The third-order valence-corrected chi connectivity index (χ3v) is 2.92. The van der Waals surface area contributed by atoms with E-state index < -0.39 is 0 Å². The van der Waals surface area contributed by atoms with Gasteiger partial charge in [0.15, 0.2) is 0 Å². The molecule has 0 saturated heterocycles. The van der Waals surface area contributed by atoms with Gasteiger partial charge in [-0.15, -0.1) is 0 Å². The van der Waals surface area contributed by atoms with Gasteiger partial charge in [0, 0.05) is 42.9 Å². The van der Waals surface area contributed by atoms with Gasteiger partial charge in [0.25, 0.3) is 5.91 Å². The molecule has 4 heteroatoms. The summed E-state index contributed by atoms with van der Waals surface area (Å²) in [5.74, 6) is 0.0257. The lowest BCUT2D eigenvalue weighted by molar-refractivity contribution is 0.0710. The van der Waals surface area contributed by atoms with Gasteiger partial charge >= 0.3 is 0 Å². The summed E-state index contributed by atoms with van der Waals surface area (Å²) in [5, 5.41) is 1.05. The Morgan fingerprint density at radius 2 is 2.22 bits per heavy atom. The third kappa shape index (κ3) is 2.71. The predicted octanol–water partition coefficient (Wildman–Crippen LogP) is 2.28. The van der Waals surface area contributed by atoms with Crippen molar-refractivity contribution >= 4 is 16.8 Å². The van der Waals surface area contributed by atoms with Gasteiger partial charge in [-0.3, -0.25) is 4.79 Å². The van der Waals surface area contributed by atoms with Crippen molar-refractivity contribution < 1.29 is 9.53 Å². The smallest absolute Gasteiger partial charge is 0.253 e. The van der Waals surface area contributed by atoms with Gasteiger partial charge in [-0.05, 0) is 31.2 Å². The minimum atomic E-state index is 0.0257. The normalized spacial score (nSPS) is 10.8. The van der Waals surface area contributed by atoms with Gasteiger partial charge in [0.05, 0.1) is 6.61 Å². The van der Waals surface area contributed by atoms with Crippen LogP contribution in [0.15, 0.2) is 30.5 Å². The number of carbonyl (C=O) groups is 1. The van der Waals surface area contributed by atoms with E-state index in [2.05, 4.69) is 4.98 Å². The SMILES string of the molecule is CCOCCN(C)C(=O)c1ccc2[nH]ccc2c1. The number of likely N-dealkylation sites (N-methyl/N-ethyl adjacent to an activating group) is 1. The van der Waals surface area contributed by atoms with Crippen LogP contribution in [0.2, 0.25) is 0 Å². The highest BCUT2D eigenvalue weighted by Gasteiger charge is 2.11. The number of aromatic amines is 1. The molecular formula is C14H18N2O2. The second-order valence-corrected chi connectivity index (χ2v) is 4.20. The zero-order valence-corrected chi connectivity index (χ0v) is 10.8. The zero-order valence-electron chi connectivity index (χ0n) is 10.8. The summed E-state index contributed by atoms with van der Waals surface area (Å²) in [6, 6.07) is 7.65. The van der Waals surface area contributed by atoms with Crippen molar-refractivity contribution in [3.05, 3.63) is 36.0 Å². The molecule has 1 aromatic carbocycles. The number of hydrogen-bond donors (Lipinski definition) is 1. The number of nitrogens with one attached hydrogen (secondary N) is 1. The molecule has 0 unspecified atom stereocenters. The maximum Gasteiger partial charge on any atom is 0.253 e. The monoisotopic (exact) mass is 246 g/mol. The van der Waals surface area contributed by atoms with Gasteiger partial charge in [-0.25, -0.2) is 0 Å². The lowest BCUT2D eigenvalue weighted by Crippen LogP contribution is -2.30. The van der Waals surface area contributed by atoms with Gasteiger partial charge in [0.2, 0.25) is 0 Å². The molecule has 0 fully saturated rings. The predicted molar refractivity (Wildman–Crippen MR) is 71.8 cm³/mol. The lowest BCUT2D eigenvalue weighted by atomic mass is 10.1. The Balaban J connectivity index is 2.07. The van der Waals surface area contributed by atoms with E-state index in [4.69, 9.17) is 4.74 Å². The molecule has 0 aliphatic heterocycles. The summed E-state index contributed by atoms with van der Waals surface area (Å²) < 4.78 is 5.25. The molecular weight excluding hydrogens is 228 g/mol. The molecule has 1 amide bonds. The third-order valence-electron chi connectivity index (χ3n) is 2.92. The summed E-state index contributed by atoms with van der Waals surface area (Å²) in [7, 11) is 1.79. The highest BCUT2D eigenvalue weighted by molar-refractivity contribution is 5.97. The molecule has 18 heavy (non-hydrogen) atoms. The number of nitrogens with zero attached hydrogens (tertiary/aromatic N) is 1. The largest absolute Gasteiger partial charge is 0.380 e. The van der Waals surface area contributed by atoms with Crippen molar-refractivity contribution in [2.24, 2.45) is 0 Å². The van der Waals surface area contributed by atoms with Crippen LogP contribution in [-0.4, -0.2) is 42.6 Å². The summed E-state index contributed by atoms with van der Waals surface area (Å²) in [6.45, 7) is 3.81. The Hall–Kier alpha value is -1.81. The van der Waals surface area contributed by atoms with E-state index in [0.29, 0.717) is 25.3 Å². The van der Waals surface area contributed by atoms with Crippen molar-refractivity contribution in [3.63, 3.8) is 0 Å². The van der Waals surface area contributed by atoms with Gasteiger partial charge in [0.1, 0.15) is 0 Å². The second-order valence-electron chi connectivity index (χ2n) is 4.20. The molecule has 96 valence electrons. The van der Waals surface area contributed by atoms with Crippen LogP contribution in [0, 0.1) is 0 Å². The van der Waals surface area contributed by atoms with Crippen molar-refractivity contribution in [2.75, 3.05) is 26.8 Å². The number of H-pyrrole nitrogens is 1. The number of fused-ring (bicyclic) bond motifs is 1. The van der Waals surface area contributed by atoms with Crippen LogP contribution < -0.4 is 0 Å². The molecule has 0 atom stereocenters. The number of amides is 1. The minimum absolute atomic E-state index is 0.0257. The van der Waals surface area contributed by atoms with E-state index in [1.54, 1.807) is 11.9 Å². The molecule has 1 heterocycles. The van der Waals surface area contributed by atoms with Crippen LogP contribution in [0.1, 0.15) is 17.3 Å². The molecule has 1 aromatic heterocycles. The van der Waals surface area contributed by atoms with Gasteiger partial charge < -0.3 is 14.6 Å². The Morgan fingerprint density at radius 3 is 3.00 bits per heavy atom. The maximum absolute atomic E-state index is 12.2. The summed E-state index contributed by atoms with van der Waals surface area (Å²) in [4.78, 5) is 17.0. The molecule has 0 aliphatic rings. The Labute approximate surface area is 107 Å². The Morgan fingerprint density at radius 1 is 1.39 bits per heavy atom. The molecule has 0 spiro atoms. The number of hydrogen-bond acceptors (Lipinski definition) is 2. The van der Waals surface area contributed by atoms with E-state index in [-0.39, 0.29) is 5.91 Å². The van der Waals surface area contributed by atoms with Crippen LogP contribution in [0.3, 0.4) is 0 Å². The average molecular weight is 246 g/mol. The van der Waals surface area contributed by atoms with Crippen LogP contribution in [0.4, 0.5) is 0 Å². The first-order valence-electron chi connectivity index (χ1n) is 6.12. The van der Waals surface area contributed by atoms with E-state index in [1.165, 1.54) is 0 Å². The quantitative estimate of drug-likeness (QED) is 0.823. The molecule has 2 rings (SSSR count). The molecule has 4 nitrogen and oxygen atoms in total. The molecule has 2 aromatic rings. The van der Waals surface area contributed by atoms with Crippen LogP contribution in [-0.2, 0) is 4.74 Å². The van der Waals surface area contributed by atoms with Crippen LogP contribution >= 0.6 is 0 Å². The molecule has 1 N–H and O–H groups in total. The van der Waals surface area contributed by atoms with E-state index in [1.807, 2.05) is 37.4 Å². The first kappa shape index (κ1) is 12.6. The van der Waals surface area contributed by atoms with Gasteiger partial charge in [-0.1, -0.05) is 0 Å². The Kier molecular flexibility index (Phi) is 3.99. The highest BCUT2D eigenvalue weighted by atomic mass is 16.5. The van der Waals surface area contributed by atoms with E-state index >= 15 is 0 Å². The number of ether oxygens (including phenoxy) is 1. The van der Waals surface area contributed by atoms with Crippen molar-refractivity contribution in [1.82, 2.24) is 9.88 Å². The van der Waals surface area contributed by atoms with Crippen LogP contribution in [0.25, 0.3) is 10.9 Å². The Bertz CT molecular complexity index is 533. The fourth-order valence-electron chi connectivity index (χ4n) is 1.85. The fraction of sp³-hybridized carbons (Fsp3) is 0.357. The van der Waals surface area contributed by atoms with Crippen molar-refractivity contribution in [3.8, 4) is 0 Å². The second kappa shape index (κ2) is 5.69. The zero-order chi connectivity index (χ0) is 13.0. The lowest BCUT2D eigenvalue weighted by Gasteiger charge is -2.17. The van der Waals surface area contributed by atoms with Crippen molar-refractivity contribution in [2.45, 2.75) is 6.92 Å². The number of aromatic nitrogens is 1. The number of rotatable bonds is 5. The maximum atomic E-state index is 12.2. The minimum Gasteiger partial charge on any atom is -0.380 e. The number of benzene rings is 1. The summed E-state index contributed by atoms with van der Waals surface area (Å²) in [5.41, 5.74) is 1.75. The van der Waals surface area contributed by atoms with Crippen molar-refractivity contribution in [1.29, 1.82) is 0 Å². The van der Waals surface area contributed by atoms with E-state index in [0.717, 1.165) is 10.9 Å². The topological polar surface area (TPSA) is 45.3 Å².